The summed E-state index contributed by atoms with van der Waals surface area (Å²) in [7, 11) is 0. The second kappa shape index (κ2) is 6.04. The quantitative estimate of drug-likeness (QED) is 0.742. The Labute approximate surface area is 130 Å². The molecule has 0 unspecified atom stereocenters. The van der Waals surface area contributed by atoms with E-state index in [2.05, 4.69) is 15.1 Å². The number of hydrogen-bond acceptors (Lipinski definition) is 5. The lowest BCUT2D eigenvalue weighted by Crippen LogP contribution is -2.01. The van der Waals surface area contributed by atoms with Crippen LogP contribution in [0.2, 0.25) is 5.02 Å². The van der Waals surface area contributed by atoms with Gasteiger partial charge in [-0.05, 0) is 17.7 Å². The highest BCUT2D eigenvalue weighted by molar-refractivity contribution is 7.09. The molecule has 0 bridgehead atoms. The fourth-order valence-electron chi connectivity index (χ4n) is 1.87. The van der Waals surface area contributed by atoms with Crippen LogP contribution in [0.5, 0.6) is 0 Å². The Kier molecular flexibility index (Phi) is 3.95. The first-order chi connectivity index (χ1) is 10.2. The number of nitrogens with zero attached hydrogens (tertiary/aromatic N) is 5. The van der Waals surface area contributed by atoms with Crippen molar-refractivity contribution in [3.63, 3.8) is 0 Å². The minimum atomic E-state index is 0.173. The van der Waals surface area contributed by atoms with Crippen LogP contribution in [0.4, 0.5) is 0 Å². The Morgan fingerprint density at radius 2 is 2.10 bits per heavy atom. The highest BCUT2D eigenvalue weighted by atomic mass is 35.5. The van der Waals surface area contributed by atoms with Gasteiger partial charge in [0.2, 0.25) is 0 Å². The predicted molar refractivity (Wildman–Crippen MR) is 80.2 cm³/mol. The third kappa shape index (κ3) is 3.45. The van der Waals surface area contributed by atoms with E-state index < -0.39 is 0 Å². The van der Waals surface area contributed by atoms with Gasteiger partial charge >= 0.3 is 0 Å². The zero-order valence-corrected chi connectivity index (χ0v) is 12.5. The number of rotatable bonds is 4. The maximum atomic E-state index is 8.69. The first kappa shape index (κ1) is 13.7. The molecule has 21 heavy (non-hydrogen) atoms. The first-order valence-corrected chi connectivity index (χ1v) is 7.46. The zero-order chi connectivity index (χ0) is 14.7. The van der Waals surface area contributed by atoms with Gasteiger partial charge in [0.1, 0.15) is 12.4 Å². The molecule has 104 valence electrons. The van der Waals surface area contributed by atoms with Gasteiger partial charge in [-0.2, -0.15) is 5.26 Å². The molecule has 0 aliphatic rings. The van der Waals surface area contributed by atoms with Gasteiger partial charge in [0.05, 0.1) is 17.2 Å². The Bertz CT molecular complexity index is 784. The largest absolute Gasteiger partial charge is 0.252 e. The predicted octanol–water partition coefficient (Wildman–Crippen LogP) is 2.90. The number of hydrogen-bond donors (Lipinski definition) is 0. The van der Waals surface area contributed by atoms with Crippen LogP contribution in [0.25, 0.3) is 0 Å². The minimum Gasteiger partial charge on any atom is -0.246 e. The molecule has 3 aromatic rings. The highest BCUT2D eigenvalue weighted by Gasteiger charge is 2.06. The Balaban J connectivity index is 1.68. The summed E-state index contributed by atoms with van der Waals surface area (Å²) in [5.41, 5.74) is 2.09. The van der Waals surface area contributed by atoms with Crippen molar-refractivity contribution >= 4 is 22.9 Å². The number of benzene rings is 1. The summed E-state index contributed by atoms with van der Waals surface area (Å²) < 4.78 is 1.61. The Morgan fingerprint density at radius 1 is 1.29 bits per heavy atom. The third-order valence-corrected chi connectivity index (χ3v) is 3.98. The molecular weight excluding hydrogens is 306 g/mol. The van der Waals surface area contributed by atoms with Crippen LogP contribution in [-0.2, 0) is 13.0 Å². The molecule has 0 N–H and O–H groups in total. The van der Waals surface area contributed by atoms with Crippen LogP contribution >= 0.6 is 22.9 Å². The lowest BCUT2D eigenvalue weighted by Gasteiger charge is -1.98. The monoisotopic (exact) mass is 315 g/mol. The van der Waals surface area contributed by atoms with Crippen LogP contribution in [0.1, 0.15) is 22.1 Å². The van der Waals surface area contributed by atoms with Gasteiger partial charge in [-0.15, -0.1) is 16.4 Å². The van der Waals surface area contributed by atoms with Crippen molar-refractivity contribution in [2.45, 2.75) is 13.0 Å². The molecule has 0 aliphatic carbocycles. The summed E-state index contributed by atoms with van der Waals surface area (Å²) in [5.74, 6) is 0.173. The Hall–Kier alpha value is -2.23. The second-order valence-corrected chi connectivity index (χ2v) is 5.79. The number of nitriles is 1. The van der Waals surface area contributed by atoms with Gasteiger partial charge in [-0.1, -0.05) is 23.7 Å². The van der Waals surface area contributed by atoms with E-state index in [1.54, 1.807) is 16.0 Å². The van der Waals surface area contributed by atoms with E-state index in [9.17, 15) is 0 Å². The second-order valence-electron chi connectivity index (χ2n) is 4.41. The molecular formula is C14H10ClN5S. The molecule has 0 radical (unpaired) electrons. The number of thiazole rings is 1. The average Bonchev–Trinajstić information content (AvgIpc) is 3.11. The summed E-state index contributed by atoms with van der Waals surface area (Å²) >= 11 is 7.48. The van der Waals surface area contributed by atoms with Crippen molar-refractivity contribution in [1.29, 1.82) is 5.26 Å². The maximum absolute atomic E-state index is 8.69. The normalized spacial score (nSPS) is 10.5. The summed E-state index contributed by atoms with van der Waals surface area (Å²) in [4.78, 5) is 8.44. The summed E-state index contributed by atoms with van der Waals surface area (Å²) in [6, 6.07) is 9.66. The van der Waals surface area contributed by atoms with Crippen LogP contribution in [0, 0.1) is 11.3 Å². The van der Waals surface area contributed by atoms with E-state index in [0.29, 0.717) is 6.54 Å². The van der Waals surface area contributed by atoms with Gasteiger partial charge in [-0.3, -0.25) is 0 Å². The lowest BCUT2D eigenvalue weighted by molar-refractivity contribution is 0.670. The molecule has 1 aromatic carbocycles. The standard InChI is InChI=1S/C14H10ClN5S/c15-11-3-1-10(2-4-11)5-14-18-12(8-21-14)7-20-9-17-13(6-16)19-20/h1-4,8-9H,5,7H2. The van der Waals surface area contributed by atoms with Crippen molar-refractivity contribution in [2.75, 3.05) is 0 Å². The molecule has 0 atom stereocenters. The molecule has 2 aromatic heterocycles. The molecule has 0 saturated carbocycles. The van der Waals surface area contributed by atoms with Gasteiger partial charge in [0.15, 0.2) is 0 Å². The van der Waals surface area contributed by atoms with E-state index in [0.717, 1.165) is 22.1 Å². The number of aromatic nitrogens is 4. The highest BCUT2D eigenvalue weighted by Crippen LogP contribution is 2.17. The van der Waals surface area contributed by atoms with E-state index in [-0.39, 0.29) is 5.82 Å². The van der Waals surface area contributed by atoms with Crippen molar-refractivity contribution < 1.29 is 0 Å². The third-order valence-electron chi connectivity index (χ3n) is 2.83. The molecule has 0 spiro atoms. The van der Waals surface area contributed by atoms with Crippen LogP contribution in [0.3, 0.4) is 0 Å². The zero-order valence-electron chi connectivity index (χ0n) is 10.9. The van der Waals surface area contributed by atoms with Crippen molar-refractivity contribution in [1.82, 2.24) is 19.7 Å². The number of halogens is 1. The topological polar surface area (TPSA) is 67.4 Å². The van der Waals surface area contributed by atoms with Gasteiger partial charge in [0, 0.05) is 16.8 Å². The van der Waals surface area contributed by atoms with E-state index in [1.165, 1.54) is 11.9 Å². The van der Waals surface area contributed by atoms with E-state index >= 15 is 0 Å². The van der Waals surface area contributed by atoms with Crippen LogP contribution in [-0.4, -0.2) is 19.7 Å². The summed E-state index contributed by atoms with van der Waals surface area (Å²) in [5, 5.41) is 16.5. The molecule has 0 saturated heterocycles. The van der Waals surface area contributed by atoms with Crippen LogP contribution in [0.15, 0.2) is 36.0 Å². The Morgan fingerprint density at radius 3 is 2.81 bits per heavy atom. The lowest BCUT2D eigenvalue weighted by atomic mass is 10.2. The minimum absolute atomic E-state index is 0.173. The fraction of sp³-hybridized carbons (Fsp3) is 0.143. The van der Waals surface area contributed by atoms with Crippen molar-refractivity contribution in [2.24, 2.45) is 0 Å². The molecule has 7 heteroatoms. The van der Waals surface area contributed by atoms with Gasteiger partial charge < -0.3 is 0 Å². The molecule has 0 amide bonds. The maximum Gasteiger partial charge on any atom is 0.252 e. The molecule has 0 fully saturated rings. The fourth-order valence-corrected chi connectivity index (χ4v) is 2.81. The average molecular weight is 316 g/mol. The molecule has 0 aliphatic heterocycles. The van der Waals surface area contributed by atoms with Gasteiger partial charge in [-0.25, -0.2) is 14.6 Å². The molecule has 5 nitrogen and oxygen atoms in total. The van der Waals surface area contributed by atoms with Crippen molar-refractivity contribution in [3.05, 3.63) is 63.1 Å². The van der Waals surface area contributed by atoms with Crippen molar-refractivity contribution in [3.8, 4) is 6.07 Å². The summed E-state index contributed by atoms with van der Waals surface area (Å²) in [6.07, 6.45) is 2.32. The smallest absolute Gasteiger partial charge is 0.246 e. The van der Waals surface area contributed by atoms with E-state index in [4.69, 9.17) is 16.9 Å². The van der Waals surface area contributed by atoms with Crippen LogP contribution < -0.4 is 0 Å². The molecule has 3 rings (SSSR count). The van der Waals surface area contributed by atoms with Gasteiger partial charge in [0.25, 0.3) is 5.82 Å². The molecule has 2 heterocycles. The summed E-state index contributed by atoms with van der Waals surface area (Å²) in [6.45, 7) is 0.520. The van der Waals surface area contributed by atoms with E-state index in [1.807, 2.05) is 35.7 Å². The first-order valence-electron chi connectivity index (χ1n) is 6.20. The SMILES string of the molecule is N#Cc1ncn(Cc2csc(Cc3ccc(Cl)cc3)n2)n1.